The van der Waals surface area contributed by atoms with Gasteiger partial charge in [-0.3, -0.25) is 9.48 Å². The number of carbonyl (C=O) groups is 1. The Hall–Kier alpha value is -1.14. The standard InChI is InChI=1S/C14H23N5O.ClH/c1-18-12(16-11-17-18)3-9-19-10-14(4-2-13(19)20)5-7-15-8-6-14;/h11,15H,2-10H2,1H3;1H. The van der Waals surface area contributed by atoms with E-state index in [4.69, 9.17) is 0 Å². The SMILES string of the molecule is Cl.Cn1ncnc1CCN1CC2(CCNCC2)CCC1=O. The molecule has 1 spiro atoms. The number of carbonyl (C=O) groups excluding carboxylic acids is 1. The summed E-state index contributed by atoms with van der Waals surface area (Å²) in [5.41, 5.74) is 0.360. The number of aryl methyl sites for hydroxylation is 1. The Bertz CT molecular complexity index is 483. The van der Waals surface area contributed by atoms with Crippen molar-refractivity contribution in [2.45, 2.75) is 32.1 Å². The molecule has 6 nitrogen and oxygen atoms in total. The summed E-state index contributed by atoms with van der Waals surface area (Å²) in [6.07, 6.45) is 6.52. The van der Waals surface area contributed by atoms with Gasteiger partial charge in [-0.25, -0.2) is 4.98 Å². The average molecular weight is 314 g/mol. The van der Waals surface area contributed by atoms with Crippen molar-refractivity contribution in [1.82, 2.24) is 25.0 Å². The maximum atomic E-state index is 12.1. The van der Waals surface area contributed by atoms with Crippen LogP contribution in [0, 0.1) is 5.41 Å². The van der Waals surface area contributed by atoms with Crippen molar-refractivity contribution in [3.05, 3.63) is 12.2 Å². The summed E-state index contributed by atoms with van der Waals surface area (Å²) in [6, 6.07) is 0. The summed E-state index contributed by atoms with van der Waals surface area (Å²) >= 11 is 0. The molecular formula is C14H24ClN5O. The van der Waals surface area contributed by atoms with Gasteiger partial charge in [0, 0.05) is 33.0 Å². The van der Waals surface area contributed by atoms with Crippen molar-refractivity contribution >= 4 is 18.3 Å². The predicted molar refractivity (Wildman–Crippen MR) is 82.3 cm³/mol. The van der Waals surface area contributed by atoms with Crippen molar-refractivity contribution in [1.29, 1.82) is 0 Å². The van der Waals surface area contributed by atoms with E-state index < -0.39 is 0 Å². The van der Waals surface area contributed by atoms with E-state index >= 15 is 0 Å². The Morgan fingerprint density at radius 1 is 1.33 bits per heavy atom. The lowest BCUT2D eigenvalue weighted by atomic mass is 9.72. The molecule has 0 aliphatic carbocycles. The molecule has 0 aromatic carbocycles. The molecular weight excluding hydrogens is 290 g/mol. The highest BCUT2D eigenvalue weighted by atomic mass is 35.5. The first-order chi connectivity index (χ1) is 9.69. The number of amides is 1. The number of rotatable bonds is 3. The summed E-state index contributed by atoms with van der Waals surface area (Å²) in [6.45, 7) is 3.86. The molecule has 3 rings (SSSR count). The van der Waals surface area contributed by atoms with Gasteiger partial charge >= 0.3 is 0 Å². The molecule has 0 saturated carbocycles. The number of hydrogen-bond donors (Lipinski definition) is 1. The molecule has 2 aliphatic rings. The summed E-state index contributed by atoms with van der Waals surface area (Å²) in [5.74, 6) is 1.25. The Labute approximate surface area is 131 Å². The topological polar surface area (TPSA) is 63.1 Å². The summed E-state index contributed by atoms with van der Waals surface area (Å²) in [4.78, 5) is 18.4. The minimum atomic E-state index is 0. The molecule has 0 bridgehead atoms. The highest BCUT2D eigenvalue weighted by Crippen LogP contribution is 2.38. The largest absolute Gasteiger partial charge is 0.342 e. The van der Waals surface area contributed by atoms with Gasteiger partial charge in [-0.1, -0.05) is 0 Å². The van der Waals surface area contributed by atoms with Crippen LogP contribution in [-0.4, -0.2) is 51.8 Å². The fourth-order valence-electron chi connectivity index (χ4n) is 3.45. The highest BCUT2D eigenvalue weighted by Gasteiger charge is 2.39. The van der Waals surface area contributed by atoms with Gasteiger partial charge in [0.2, 0.25) is 5.91 Å². The summed E-state index contributed by atoms with van der Waals surface area (Å²) < 4.78 is 1.79. The van der Waals surface area contributed by atoms with Gasteiger partial charge in [-0.05, 0) is 37.8 Å². The van der Waals surface area contributed by atoms with Gasteiger partial charge in [-0.15, -0.1) is 12.4 Å². The molecule has 21 heavy (non-hydrogen) atoms. The molecule has 7 heteroatoms. The van der Waals surface area contributed by atoms with Gasteiger partial charge in [0.1, 0.15) is 12.2 Å². The van der Waals surface area contributed by atoms with Gasteiger partial charge in [0.15, 0.2) is 0 Å². The zero-order chi connectivity index (χ0) is 14.0. The van der Waals surface area contributed by atoms with E-state index in [-0.39, 0.29) is 12.4 Å². The number of aromatic nitrogens is 3. The van der Waals surface area contributed by atoms with Crippen LogP contribution in [0.3, 0.4) is 0 Å². The Balaban J connectivity index is 0.00000161. The second-order valence-electron chi connectivity index (χ2n) is 6.12. The van der Waals surface area contributed by atoms with Crippen LogP contribution in [0.15, 0.2) is 6.33 Å². The Morgan fingerprint density at radius 2 is 2.10 bits per heavy atom. The second-order valence-corrected chi connectivity index (χ2v) is 6.12. The molecule has 3 heterocycles. The second kappa shape index (κ2) is 6.75. The number of halogens is 1. The van der Waals surface area contributed by atoms with Crippen LogP contribution >= 0.6 is 12.4 Å². The fourth-order valence-corrected chi connectivity index (χ4v) is 3.45. The number of nitrogens with zero attached hydrogens (tertiary/aromatic N) is 4. The first-order valence-electron chi connectivity index (χ1n) is 7.50. The lowest BCUT2D eigenvalue weighted by Gasteiger charge is -2.45. The molecule has 2 fully saturated rings. The maximum absolute atomic E-state index is 12.1. The van der Waals surface area contributed by atoms with Crippen molar-refractivity contribution < 1.29 is 4.79 Å². The molecule has 0 unspecified atom stereocenters. The number of likely N-dealkylation sites (tertiary alicyclic amines) is 1. The van der Waals surface area contributed by atoms with Crippen LogP contribution in [0.1, 0.15) is 31.5 Å². The Morgan fingerprint density at radius 3 is 2.76 bits per heavy atom. The molecule has 0 atom stereocenters. The van der Waals surface area contributed by atoms with Gasteiger partial charge in [-0.2, -0.15) is 5.10 Å². The van der Waals surface area contributed by atoms with Crippen LogP contribution in [-0.2, 0) is 18.3 Å². The maximum Gasteiger partial charge on any atom is 0.222 e. The van der Waals surface area contributed by atoms with E-state index in [9.17, 15) is 4.79 Å². The highest BCUT2D eigenvalue weighted by molar-refractivity contribution is 5.85. The van der Waals surface area contributed by atoms with Crippen LogP contribution in [0.2, 0.25) is 0 Å². The van der Waals surface area contributed by atoms with E-state index in [0.717, 1.165) is 44.8 Å². The smallest absolute Gasteiger partial charge is 0.222 e. The lowest BCUT2D eigenvalue weighted by Crippen LogP contribution is -2.51. The van der Waals surface area contributed by atoms with E-state index in [1.165, 1.54) is 12.8 Å². The Kier molecular flexibility index (Phi) is 5.22. The molecule has 2 saturated heterocycles. The molecule has 1 amide bonds. The van der Waals surface area contributed by atoms with E-state index in [0.29, 0.717) is 17.7 Å². The van der Waals surface area contributed by atoms with Crippen LogP contribution in [0.25, 0.3) is 0 Å². The quantitative estimate of drug-likeness (QED) is 0.895. The summed E-state index contributed by atoms with van der Waals surface area (Å²) in [7, 11) is 1.90. The van der Waals surface area contributed by atoms with Gasteiger partial charge < -0.3 is 10.2 Å². The third-order valence-corrected chi connectivity index (χ3v) is 4.82. The lowest BCUT2D eigenvalue weighted by molar-refractivity contribution is -0.138. The normalized spacial score (nSPS) is 21.4. The van der Waals surface area contributed by atoms with Crippen LogP contribution in [0.5, 0.6) is 0 Å². The third-order valence-electron chi connectivity index (χ3n) is 4.82. The minimum absolute atomic E-state index is 0. The predicted octanol–water partition coefficient (Wildman–Crippen LogP) is 0.772. The fraction of sp³-hybridized carbons (Fsp3) is 0.786. The van der Waals surface area contributed by atoms with Crippen LogP contribution in [0.4, 0.5) is 0 Å². The van der Waals surface area contributed by atoms with E-state index in [1.54, 1.807) is 11.0 Å². The molecule has 0 radical (unpaired) electrons. The number of hydrogen-bond acceptors (Lipinski definition) is 4. The van der Waals surface area contributed by atoms with Crippen molar-refractivity contribution in [2.24, 2.45) is 12.5 Å². The van der Waals surface area contributed by atoms with E-state index in [1.807, 2.05) is 11.9 Å². The zero-order valence-electron chi connectivity index (χ0n) is 12.5. The van der Waals surface area contributed by atoms with Gasteiger partial charge in [0.05, 0.1) is 0 Å². The van der Waals surface area contributed by atoms with Gasteiger partial charge in [0.25, 0.3) is 0 Å². The van der Waals surface area contributed by atoms with E-state index in [2.05, 4.69) is 15.4 Å². The van der Waals surface area contributed by atoms with Crippen molar-refractivity contribution in [2.75, 3.05) is 26.2 Å². The molecule has 1 aromatic rings. The summed E-state index contributed by atoms with van der Waals surface area (Å²) in [5, 5.41) is 7.50. The molecule has 1 N–H and O–H groups in total. The van der Waals surface area contributed by atoms with Crippen molar-refractivity contribution in [3.8, 4) is 0 Å². The first kappa shape index (κ1) is 16.2. The third kappa shape index (κ3) is 3.55. The van der Waals surface area contributed by atoms with Crippen LogP contribution < -0.4 is 5.32 Å². The molecule has 1 aromatic heterocycles. The zero-order valence-corrected chi connectivity index (χ0v) is 13.4. The molecule has 118 valence electrons. The number of piperidine rings is 2. The molecule has 2 aliphatic heterocycles. The van der Waals surface area contributed by atoms with Crippen molar-refractivity contribution in [3.63, 3.8) is 0 Å². The average Bonchev–Trinajstić information content (AvgIpc) is 2.87. The minimum Gasteiger partial charge on any atom is -0.342 e. The first-order valence-corrected chi connectivity index (χ1v) is 7.50. The monoisotopic (exact) mass is 313 g/mol. The number of nitrogens with one attached hydrogen (secondary N) is 1.